The Bertz CT molecular complexity index is 903. The van der Waals surface area contributed by atoms with Crippen molar-refractivity contribution in [3.05, 3.63) is 48.2 Å². The van der Waals surface area contributed by atoms with Gasteiger partial charge in [0, 0.05) is 31.3 Å². The number of nitriles is 1. The lowest BCUT2D eigenvalue weighted by atomic mass is 9.96. The molecular weight excluding hydrogens is 372 g/mol. The predicted octanol–water partition coefficient (Wildman–Crippen LogP) is 2.22. The third kappa shape index (κ3) is 5.23. The zero-order valence-corrected chi connectivity index (χ0v) is 16.1. The fraction of sp³-hybridized carbons (Fsp3) is 0.333. The average Bonchev–Trinajstić information content (AvgIpc) is 2.78. The molecule has 8 nitrogen and oxygen atoms in total. The van der Waals surface area contributed by atoms with Crippen LogP contribution >= 0.6 is 0 Å². The zero-order chi connectivity index (χ0) is 20.6. The Labute approximate surface area is 169 Å². The second-order valence-electron chi connectivity index (χ2n) is 6.63. The van der Waals surface area contributed by atoms with Crippen LogP contribution in [0, 0.1) is 17.2 Å². The monoisotopic (exact) mass is 394 g/mol. The summed E-state index contributed by atoms with van der Waals surface area (Å²) in [5, 5.41) is 11.8. The van der Waals surface area contributed by atoms with Crippen molar-refractivity contribution in [1.82, 2.24) is 9.88 Å². The summed E-state index contributed by atoms with van der Waals surface area (Å²) in [7, 11) is 1.48. The summed E-state index contributed by atoms with van der Waals surface area (Å²) in [6.07, 6.45) is 2.80. The number of anilines is 1. The van der Waals surface area contributed by atoms with Gasteiger partial charge in [0.25, 0.3) is 5.91 Å². The van der Waals surface area contributed by atoms with Gasteiger partial charge in [0.1, 0.15) is 5.82 Å². The Morgan fingerprint density at radius 3 is 2.69 bits per heavy atom. The number of nitrogens with one attached hydrogen (secondary N) is 1. The largest absolute Gasteiger partial charge is 0.493 e. The molecule has 0 radical (unpaired) electrons. The van der Waals surface area contributed by atoms with Crippen LogP contribution in [-0.4, -0.2) is 48.5 Å². The Morgan fingerprint density at radius 1 is 1.24 bits per heavy atom. The van der Waals surface area contributed by atoms with Crippen LogP contribution in [0.15, 0.2) is 42.6 Å². The van der Waals surface area contributed by atoms with Crippen molar-refractivity contribution in [2.75, 3.05) is 32.1 Å². The Kier molecular flexibility index (Phi) is 6.63. The van der Waals surface area contributed by atoms with Gasteiger partial charge in [-0.2, -0.15) is 5.26 Å². The number of ether oxygens (including phenoxy) is 2. The number of methoxy groups -OCH3 is 1. The van der Waals surface area contributed by atoms with Crippen molar-refractivity contribution in [3.63, 3.8) is 0 Å². The molecule has 1 aromatic carbocycles. The second-order valence-corrected chi connectivity index (χ2v) is 6.63. The van der Waals surface area contributed by atoms with Crippen LogP contribution in [0.5, 0.6) is 11.5 Å². The number of rotatable bonds is 6. The highest BCUT2D eigenvalue weighted by atomic mass is 16.5. The van der Waals surface area contributed by atoms with Gasteiger partial charge in [0.2, 0.25) is 5.91 Å². The molecule has 1 N–H and O–H groups in total. The Hall–Kier alpha value is -3.60. The van der Waals surface area contributed by atoms with Gasteiger partial charge in [0.05, 0.1) is 18.7 Å². The molecule has 1 fully saturated rings. The molecule has 1 aliphatic rings. The third-order valence-electron chi connectivity index (χ3n) is 4.78. The van der Waals surface area contributed by atoms with Crippen LogP contribution in [0.1, 0.15) is 18.4 Å². The fourth-order valence-electron chi connectivity index (χ4n) is 3.14. The normalized spacial score (nSPS) is 14.0. The number of piperidine rings is 1. The molecule has 0 atom stereocenters. The number of amides is 2. The lowest BCUT2D eigenvalue weighted by molar-refractivity contribution is -0.136. The summed E-state index contributed by atoms with van der Waals surface area (Å²) in [5.74, 6) is 0.960. The van der Waals surface area contributed by atoms with E-state index in [2.05, 4.69) is 10.3 Å². The van der Waals surface area contributed by atoms with E-state index in [0.29, 0.717) is 48.8 Å². The molecule has 1 aliphatic heterocycles. The van der Waals surface area contributed by atoms with Crippen LogP contribution in [0.3, 0.4) is 0 Å². The Morgan fingerprint density at radius 2 is 2.03 bits per heavy atom. The first kappa shape index (κ1) is 20.1. The van der Waals surface area contributed by atoms with Crippen molar-refractivity contribution in [1.29, 1.82) is 5.26 Å². The highest BCUT2D eigenvalue weighted by Gasteiger charge is 2.27. The van der Waals surface area contributed by atoms with E-state index in [1.165, 1.54) is 7.11 Å². The maximum atomic E-state index is 12.5. The third-order valence-corrected chi connectivity index (χ3v) is 4.78. The van der Waals surface area contributed by atoms with Crippen molar-refractivity contribution in [3.8, 4) is 17.6 Å². The molecule has 1 aromatic heterocycles. The smallest absolute Gasteiger partial charge is 0.260 e. The minimum atomic E-state index is -0.153. The first-order valence-electron chi connectivity index (χ1n) is 9.31. The quantitative estimate of drug-likeness (QED) is 0.806. The van der Waals surface area contributed by atoms with Gasteiger partial charge in [-0.15, -0.1) is 0 Å². The number of aromatic nitrogens is 1. The molecule has 0 unspecified atom stereocenters. The van der Waals surface area contributed by atoms with E-state index in [1.807, 2.05) is 12.1 Å². The summed E-state index contributed by atoms with van der Waals surface area (Å²) in [5.41, 5.74) is 0.451. The number of likely N-dealkylation sites (tertiary alicyclic amines) is 1. The van der Waals surface area contributed by atoms with Crippen LogP contribution in [0.25, 0.3) is 0 Å². The molecule has 0 spiro atoms. The van der Waals surface area contributed by atoms with Crippen LogP contribution in [0.2, 0.25) is 0 Å². The number of carbonyl (C=O) groups is 2. The lowest BCUT2D eigenvalue weighted by Crippen LogP contribution is -2.43. The van der Waals surface area contributed by atoms with E-state index in [1.54, 1.807) is 41.4 Å². The van der Waals surface area contributed by atoms with E-state index >= 15 is 0 Å². The first-order valence-corrected chi connectivity index (χ1v) is 9.31. The zero-order valence-electron chi connectivity index (χ0n) is 16.1. The number of hydrogen-bond acceptors (Lipinski definition) is 6. The summed E-state index contributed by atoms with van der Waals surface area (Å²) >= 11 is 0. The number of carbonyl (C=O) groups excluding carboxylic acids is 2. The molecule has 3 rings (SSSR count). The maximum Gasteiger partial charge on any atom is 0.260 e. The van der Waals surface area contributed by atoms with E-state index < -0.39 is 0 Å². The highest BCUT2D eigenvalue weighted by Crippen LogP contribution is 2.28. The van der Waals surface area contributed by atoms with E-state index in [-0.39, 0.29) is 24.3 Å². The molecule has 1 saturated heterocycles. The van der Waals surface area contributed by atoms with Gasteiger partial charge < -0.3 is 19.7 Å². The van der Waals surface area contributed by atoms with Crippen LogP contribution in [-0.2, 0) is 9.59 Å². The lowest BCUT2D eigenvalue weighted by Gasteiger charge is -2.31. The van der Waals surface area contributed by atoms with Gasteiger partial charge in [-0.3, -0.25) is 9.59 Å². The highest BCUT2D eigenvalue weighted by molar-refractivity contribution is 5.91. The van der Waals surface area contributed by atoms with E-state index in [0.717, 1.165) is 0 Å². The number of hydrogen-bond donors (Lipinski definition) is 1. The molecular formula is C21H22N4O4. The maximum absolute atomic E-state index is 12.5. The SMILES string of the molecule is COc1cc(C#N)ccc1OCC(=O)N1CCC(C(=O)Nc2ccccn2)CC1. The molecule has 29 heavy (non-hydrogen) atoms. The Balaban J connectivity index is 1.48. The van der Waals surface area contributed by atoms with Crippen molar-refractivity contribution >= 4 is 17.6 Å². The van der Waals surface area contributed by atoms with Gasteiger partial charge in [-0.1, -0.05) is 6.07 Å². The van der Waals surface area contributed by atoms with Crippen molar-refractivity contribution in [2.45, 2.75) is 12.8 Å². The van der Waals surface area contributed by atoms with Crippen LogP contribution < -0.4 is 14.8 Å². The molecule has 8 heteroatoms. The van der Waals surface area contributed by atoms with Crippen molar-refractivity contribution < 1.29 is 19.1 Å². The van der Waals surface area contributed by atoms with E-state index in [4.69, 9.17) is 14.7 Å². The minimum absolute atomic E-state index is 0.0747. The molecule has 2 amide bonds. The second kappa shape index (κ2) is 9.55. The van der Waals surface area contributed by atoms with Crippen LogP contribution in [0.4, 0.5) is 5.82 Å². The molecule has 0 aliphatic carbocycles. The van der Waals surface area contributed by atoms with Gasteiger partial charge in [-0.05, 0) is 37.1 Å². The summed E-state index contributed by atoms with van der Waals surface area (Å²) in [6.45, 7) is 0.854. The number of pyridine rings is 1. The number of nitrogens with zero attached hydrogens (tertiary/aromatic N) is 3. The standard InChI is InChI=1S/C21H22N4O4/c1-28-18-12-15(13-22)5-6-17(18)29-14-20(26)25-10-7-16(8-11-25)21(27)24-19-4-2-3-9-23-19/h2-6,9,12,16H,7-8,10-11,14H2,1H3,(H,23,24,27). The summed E-state index contributed by atoms with van der Waals surface area (Å²) < 4.78 is 10.8. The average molecular weight is 394 g/mol. The molecule has 0 bridgehead atoms. The number of benzene rings is 1. The van der Waals surface area contributed by atoms with Gasteiger partial charge >= 0.3 is 0 Å². The van der Waals surface area contributed by atoms with Gasteiger partial charge in [-0.25, -0.2) is 4.98 Å². The van der Waals surface area contributed by atoms with Crippen molar-refractivity contribution in [2.24, 2.45) is 5.92 Å². The molecule has 0 saturated carbocycles. The fourth-order valence-corrected chi connectivity index (χ4v) is 3.14. The van der Waals surface area contributed by atoms with Gasteiger partial charge in [0.15, 0.2) is 18.1 Å². The first-order chi connectivity index (χ1) is 14.1. The minimum Gasteiger partial charge on any atom is -0.493 e. The predicted molar refractivity (Wildman–Crippen MR) is 105 cm³/mol. The summed E-state index contributed by atoms with van der Waals surface area (Å²) in [6, 6.07) is 12.1. The molecule has 2 aromatic rings. The van der Waals surface area contributed by atoms with E-state index in [9.17, 15) is 9.59 Å². The molecule has 2 heterocycles. The topological polar surface area (TPSA) is 105 Å². The molecule has 150 valence electrons. The summed E-state index contributed by atoms with van der Waals surface area (Å²) in [4.78, 5) is 30.6.